The van der Waals surface area contributed by atoms with Crippen LogP contribution in [0.5, 0.6) is 5.75 Å². The lowest BCUT2D eigenvalue weighted by Crippen LogP contribution is -2.49. The number of rotatable bonds is 6. The molecule has 0 unspecified atom stereocenters. The van der Waals surface area contributed by atoms with Gasteiger partial charge in [-0.25, -0.2) is 9.78 Å². The molecule has 0 radical (unpaired) electrons. The summed E-state index contributed by atoms with van der Waals surface area (Å²) >= 11 is 0. The molecule has 2 N–H and O–H groups in total. The van der Waals surface area contributed by atoms with E-state index in [-0.39, 0.29) is 12.0 Å². The van der Waals surface area contributed by atoms with E-state index in [1.165, 1.54) is 25.7 Å². The van der Waals surface area contributed by atoms with Crippen LogP contribution in [0.2, 0.25) is 0 Å². The summed E-state index contributed by atoms with van der Waals surface area (Å²) in [7, 11) is 1.61. The summed E-state index contributed by atoms with van der Waals surface area (Å²) in [6.45, 7) is 9.28. The number of piperidine rings is 1. The lowest BCUT2D eigenvalue weighted by Gasteiger charge is -2.46. The zero-order chi connectivity index (χ0) is 32.5. The fourth-order valence-corrected chi connectivity index (χ4v) is 7.61. The summed E-state index contributed by atoms with van der Waals surface area (Å²) in [4.78, 5) is 31.6. The lowest BCUT2D eigenvalue weighted by molar-refractivity contribution is 0.00239. The van der Waals surface area contributed by atoms with E-state index in [1.807, 2.05) is 56.9 Å². The molecular weight excluding hydrogens is 580 g/mol. The third kappa shape index (κ3) is 7.48. The number of nitrogens with zero attached hydrogens (tertiary/aromatic N) is 4. The zero-order valence-corrected chi connectivity index (χ0v) is 28.1. The molecule has 2 saturated carbocycles. The van der Waals surface area contributed by atoms with Crippen LogP contribution in [-0.4, -0.2) is 69.5 Å². The summed E-state index contributed by atoms with van der Waals surface area (Å²) in [6.07, 6.45) is 13.5. The molecule has 1 saturated heterocycles. The Labute approximate surface area is 272 Å². The minimum atomic E-state index is -0.444. The average Bonchev–Trinajstić information content (AvgIpc) is 3.44. The molecule has 1 aliphatic heterocycles. The number of ether oxygens (including phenoxy) is 2. The Morgan fingerprint density at radius 1 is 0.957 bits per heavy atom. The van der Waals surface area contributed by atoms with Gasteiger partial charge in [-0.2, -0.15) is 5.10 Å². The van der Waals surface area contributed by atoms with Gasteiger partial charge in [-0.3, -0.25) is 9.48 Å². The van der Waals surface area contributed by atoms with E-state index >= 15 is 0 Å². The first-order valence-corrected chi connectivity index (χ1v) is 17.1. The van der Waals surface area contributed by atoms with Gasteiger partial charge in [0.05, 0.1) is 24.4 Å². The highest BCUT2D eigenvalue weighted by Crippen LogP contribution is 2.45. The molecule has 2 aliphatic carbocycles. The molecule has 2 amide bonds. The van der Waals surface area contributed by atoms with Crippen molar-refractivity contribution >= 4 is 28.6 Å². The second-order valence-electron chi connectivity index (χ2n) is 14.8. The van der Waals surface area contributed by atoms with Gasteiger partial charge >= 0.3 is 6.09 Å². The van der Waals surface area contributed by atoms with Crippen LogP contribution in [0.25, 0.3) is 10.9 Å². The van der Waals surface area contributed by atoms with Crippen molar-refractivity contribution in [3.05, 3.63) is 47.9 Å². The molecule has 3 aromatic rings. The number of likely N-dealkylation sites (tertiary alicyclic amines) is 1. The predicted molar refractivity (Wildman–Crippen MR) is 179 cm³/mol. The third-order valence-corrected chi connectivity index (χ3v) is 10.3. The number of benzene rings is 1. The molecule has 10 nitrogen and oxygen atoms in total. The smallest absolute Gasteiger partial charge is 0.410 e. The molecule has 1 spiro atoms. The number of hydrogen-bond donors (Lipinski definition) is 2. The Kier molecular flexibility index (Phi) is 9.28. The fourth-order valence-electron chi connectivity index (χ4n) is 7.61. The molecule has 46 heavy (non-hydrogen) atoms. The molecule has 10 heteroatoms. The molecule has 248 valence electrons. The number of methoxy groups -OCH3 is 1. The number of nitrogens with one attached hydrogen (secondary N) is 2. The molecular formula is C36H50N6O4. The molecule has 0 atom stereocenters. The van der Waals surface area contributed by atoms with E-state index in [1.54, 1.807) is 13.2 Å². The van der Waals surface area contributed by atoms with Crippen molar-refractivity contribution in [3.8, 4) is 5.75 Å². The van der Waals surface area contributed by atoms with Crippen LogP contribution in [0.4, 0.5) is 10.5 Å². The number of hydrogen-bond acceptors (Lipinski definition) is 7. The number of carbonyl (C=O) groups excluding carboxylic acids is 2. The number of amides is 2. The minimum Gasteiger partial charge on any atom is -0.494 e. The SMILES string of the molecule is COc1cc2nn(C3CCC(NC4CCC5(CC4)CCN(C(=O)OC(C)(C)C)CC5)CC3)cc2cc1NC(=O)c1cccc(C)n1. The Morgan fingerprint density at radius 2 is 1.65 bits per heavy atom. The van der Waals surface area contributed by atoms with Crippen molar-refractivity contribution in [2.75, 3.05) is 25.5 Å². The maximum atomic E-state index is 12.9. The number of aryl methyl sites for hydroxylation is 1. The first-order valence-electron chi connectivity index (χ1n) is 17.1. The Morgan fingerprint density at radius 3 is 2.30 bits per heavy atom. The van der Waals surface area contributed by atoms with Crippen LogP contribution in [-0.2, 0) is 4.74 Å². The average molecular weight is 631 g/mol. The van der Waals surface area contributed by atoms with Gasteiger partial charge < -0.3 is 25.0 Å². The van der Waals surface area contributed by atoms with E-state index in [0.29, 0.717) is 40.7 Å². The summed E-state index contributed by atoms with van der Waals surface area (Å²) in [5.74, 6) is 0.311. The van der Waals surface area contributed by atoms with Crippen molar-refractivity contribution in [2.45, 2.75) is 116 Å². The number of carbonyl (C=O) groups is 2. The van der Waals surface area contributed by atoms with Crippen LogP contribution in [0.3, 0.4) is 0 Å². The maximum Gasteiger partial charge on any atom is 0.410 e. The Bertz CT molecular complexity index is 1540. The van der Waals surface area contributed by atoms with Crippen molar-refractivity contribution in [2.24, 2.45) is 5.41 Å². The lowest BCUT2D eigenvalue weighted by atomic mass is 9.67. The molecule has 6 rings (SSSR count). The number of anilines is 1. The Hall–Kier alpha value is -3.66. The molecule has 3 aliphatic rings. The van der Waals surface area contributed by atoms with E-state index < -0.39 is 5.60 Å². The largest absolute Gasteiger partial charge is 0.494 e. The first-order chi connectivity index (χ1) is 22.0. The van der Waals surface area contributed by atoms with Gasteiger partial charge in [0, 0.05) is 48.5 Å². The molecule has 0 bridgehead atoms. The van der Waals surface area contributed by atoms with Crippen LogP contribution in [0, 0.1) is 12.3 Å². The second kappa shape index (κ2) is 13.2. The van der Waals surface area contributed by atoms with Crippen molar-refractivity contribution in [1.82, 2.24) is 25.0 Å². The van der Waals surface area contributed by atoms with Gasteiger partial charge in [0.1, 0.15) is 17.0 Å². The van der Waals surface area contributed by atoms with Crippen molar-refractivity contribution < 1.29 is 19.1 Å². The molecule has 3 heterocycles. The fraction of sp³-hybridized carbons (Fsp3) is 0.611. The van der Waals surface area contributed by atoms with Crippen LogP contribution in [0.15, 0.2) is 36.5 Å². The van der Waals surface area contributed by atoms with E-state index in [2.05, 4.69) is 26.5 Å². The van der Waals surface area contributed by atoms with Crippen molar-refractivity contribution in [3.63, 3.8) is 0 Å². The Balaban J connectivity index is 0.986. The quantitative estimate of drug-likeness (QED) is 0.301. The highest BCUT2D eigenvalue weighted by atomic mass is 16.6. The second-order valence-corrected chi connectivity index (χ2v) is 14.8. The van der Waals surface area contributed by atoms with Crippen LogP contribution in [0.1, 0.15) is 107 Å². The van der Waals surface area contributed by atoms with Gasteiger partial charge in [-0.1, -0.05) is 6.07 Å². The van der Waals surface area contributed by atoms with Gasteiger partial charge in [-0.15, -0.1) is 0 Å². The van der Waals surface area contributed by atoms with E-state index in [4.69, 9.17) is 14.6 Å². The number of fused-ring (bicyclic) bond motifs is 1. The highest BCUT2D eigenvalue weighted by molar-refractivity contribution is 6.05. The van der Waals surface area contributed by atoms with Crippen molar-refractivity contribution in [1.29, 1.82) is 0 Å². The molecule has 3 fully saturated rings. The summed E-state index contributed by atoms with van der Waals surface area (Å²) in [5, 5.41) is 12.9. The van der Waals surface area contributed by atoms with Gasteiger partial charge in [0.15, 0.2) is 0 Å². The zero-order valence-electron chi connectivity index (χ0n) is 28.1. The van der Waals surface area contributed by atoms with E-state index in [9.17, 15) is 9.59 Å². The number of aromatic nitrogens is 3. The topological polar surface area (TPSA) is 111 Å². The van der Waals surface area contributed by atoms with Gasteiger partial charge in [-0.05, 0) is 116 Å². The molecule has 1 aromatic carbocycles. The maximum absolute atomic E-state index is 12.9. The van der Waals surface area contributed by atoms with Gasteiger partial charge in [0.25, 0.3) is 5.91 Å². The monoisotopic (exact) mass is 630 g/mol. The summed E-state index contributed by atoms with van der Waals surface area (Å²) in [5.41, 5.74) is 2.58. The summed E-state index contributed by atoms with van der Waals surface area (Å²) < 4.78 is 13.3. The highest BCUT2D eigenvalue weighted by Gasteiger charge is 2.40. The third-order valence-electron chi connectivity index (χ3n) is 10.3. The predicted octanol–water partition coefficient (Wildman–Crippen LogP) is 7.03. The number of pyridine rings is 1. The van der Waals surface area contributed by atoms with Gasteiger partial charge in [0.2, 0.25) is 0 Å². The standard InChI is InChI=1S/C36H50N6O4/c1-24-7-6-8-29(37-24)33(43)39-31-21-25-23-42(40-30(25)22-32(31)45-5)28-11-9-26(10-12-28)38-27-13-15-36(16-14-27)17-19-41(20-18-36)34(44)46-35(2,3)4/h6-8,21-23,26-28,38H,9-20H2,1-5H3,(H,39,43). The van der Waals surface area contributed by atoms with Crippen LogP contribution >= 0.6 is 0 Å². The van der Waals surface area contributed by atoms with E-state index in [0.717, 1.165) is 68.2 Å². The summed E-state index contributed by atoms with van der Waals surface area (Å²) in [6, 6.07) is 10.7. The normalized spacial score (nSPS) is 22.2. The van der Waals surface area contributed by atoms with Crippen LogP contribution < -0.4 is 15.4 Å². The minimum absolute atomic E-state index is 0.166. The molecule has 2 aromatic heterocycles. The first kappa shape index (κ1) is 32.3.